The lowest BCUT2D eigenvalue weighted by Gasteiger charge is -2.10. The molecule has 7 heteroatoms. The van der Waals surface area contributed by atoms with Gasteiger partial charge in [0.1, 0.15) is 17.7 Å². The summed E-state index contributed by atoms with van der Waals surface area (Å²) < 4.78 is 6.54. The number of aromatic nitrogens is 4. The highest BCUT2D eigenvalue weighted by atomic mass is 35.5. The summed E-state index contributed by atoms with van der Waals surface area (Å²) in [7, 11) is 1.47. The lowest BCUT2D eigenvalue weighted by atomic mass is 10.2. The molecule has 2 aromatic rings. The van der Waals surface area contributed by atoms with Crippen LogP contribution in [-0.2, 0) is 0 Å². The highest BCUT2D eigenvalue weighted by Gasteiger charge is 2.22. The van der Waals surface area contributed by atoms with Crippen LogP contribution in [-0.4, -0.2) is 32.6 Å². The summed E-state index contributed by atoms with van der Waals surface area (Å²) in [5.41, 5.74) is 0.536. The molecular formula is C12H13ClN4O2. The van der Waals surface area contributed by atoms with E-state index in [9.17, 15) is 4.79 Å². The van der Waals surface area contributed by atoms with Gasteiger partial charge in [0.15, 0.2) is 0 Å². The molecule has 2 heterocycles. The van der Waals surface area contributed by atoms with Crippen LogP contribution in [0.2, 0.25) is 5.02 Å². The van der Waals surface area contributed by atoms with E-state index in [-0.39, 0.29) is 17.5 Å². The van der Waals surface area contributed by atoms with E-state index in [0.717, 1.165) is 0 Å². The smallest absolute Gasteiger partial charge is 0.231 e. The maximum Gasteiger partial charge on any atom is 0.231 e. The zero-order chi connectivity index (χ0) is 14.0. The maximum atomic E-state index is 12.4. The lowest BCUT2D eigenvalue weighted by Crippen LogP contribution is -2.15. The van der Waals surface area contributed by atoms with E-state index < -0.39 is 0 Å². The van der Waals surface area contributed by atoms with Gasteiger partial charge in [-0.15, -0.1) is 0 Å². The number of ether oxygens (including phenoxy) is 1. The van der Waals surface area contributed by atoms with Crippen LogP contribution in [0.1, 0.15) is 36.1 Å². The number of carbonyl (C=O) groups excluding carboxylic acids is 1. The third kappa shape index (κ3) is 2.58. The van der Waals surface area contributed by atoms with Gasteiger partial charge in [-0.1, -0.05) is 11.6 Å². The number of methoxy groups -OCH3 is 1. The van der Waals surface area contributed by atoms with Gasteiger partial charge in [-0.2, -0.15) is 5.10 Å². The SMILES string of the molecule is COc1cc(C(=O)c2c(Cl)cnn2C(C)C)ncn1. The Morgan fingerprint density at radius 2 is 2.16 bits per heavy atom. The molecule has 0 amide bonds. The number of carbonyl (C=O) groups is 1. The quantitative estimate of drug-likeness (QED) is 0.803. The van der Waals surface area contributed by atoms with E-state index in [2.05, 4.69) is 15.1 Å². The molecule has 2 aromatic heterocycles. The third-order valence-electron chi connectivity index (χ3n) is 2.54. The number of rotatable bonds is 4. The van der Waals surface area contributed by atoms with E-state index in [1.807, 2.05) is 13.8 Å². The summed E-state index contributed by atoms with van der Waals surface area (Å²) >= 11 is 6.03. The largest absolute Gasteiger partial charge is 0.481 e. The fourth-order valence-electron chi connectivity index (χ4n) is 1.64. The average molecular weight is 281 g/mol. The van der Waals surface area contributed by atoms with Crippen LogP contribution in [0.3, 0.4) is 0 Å². The summed E-state index contributed by atoms with van der Waals surface area (Å²) in [5.74, 6) is 0.0157. The zero-order valence-corrected chi connectivity index (χ0v) is 11.5. The first-order valence-corrected chi connectivity index (χ1v) is 6.06. The van der Waals surface area contributed by atoms with Crippen LogP contribution in [0.25, 0.3) is 0 Å². The molecule has 0 saturated heterocycles. The van der Waals surface area contributed by atoms with E-state index in [1.165, 1.54) is 25.7 Å². The average Bonchev–Trinajstić information content (AvgIpc) is 2.80. The monoisotopic (exact) mass is 280 g/mol. The topological polar surface area (TPSA) is 69.9 Å². The van der Waals surface area contributed by atoms with Crippen LogP contribution < -0.4 is 4.74 Å². The summed E-state index contributed by atoms with van der Waals surface area (Å²) in [5, 5.41) is 4.40. The fourth-order valence-corrected chi connectivity index (χ4v) is 1.86. The number of hydrogen-bond donors (Lipinski definition) is 0. The van der Waals surface area contributed by atoms with Crippen molar-refractivity contribution in [2.24, 2.45) is 0 Å². The molecule has 0 aliphatic rings. The second-order valence-electron chi connectivity index (χ2n) is 4.15. The zero-order valence-electron chi connectivity index (χ0n) is 10.8. The molecule has 0 unspecified atom stereocenters. The molecule has 0 bridgehead atoms. The van der Waals surface area contributed by atoms with Gasteiger partial charge in [0.05, 0.1) is 18.3 Å². The summed E-state index contributed by atoms with van der Waals surface area (Å²) in [6, 6.07) is 1.49. The predicted molar refractivity (Wildman–Crippen MR) is 69.6 cm³/mol. The number of hydrogen-bond acceptors (Lipinski definition) is 5. The summed E-state index contributed by atoms with van der Waals surface area (Å²) in [6.07, 6.45) is 2.73. The molecule has 0 aromatic carbocycles. The first kappa shape index (κ1) is 13.5. The molecule has 0 radical (unpaired) electrons. The summed E-state index contributed by atoms with van der Waals surface area (Å²) in [4.78, 5) is 20.2. The molecule has 0 atom stereocenters. The van der Waals surface area contributed by atoms with Crippen LogP contribution in [0, 0.1) is 0 Å². The Hall–Kier alpha value is -1.95. The fraction of sp³-hybridized carbons (Fsp3) is 0.333. The molecule has 2 rings (SSSR count). The number of halogens is 1. The number of ketones is 1. The van der Waals surface area contributed by atoms with Crippen LogP contribution >= 0.6 is 11.6 Å². The first-order chi connectivity index (χ1) is 9.04. The van der Waals surface area contributed by atoms with Gasteiger partial charge >= 0.3 is 0 Å². The van der Waals surface area contributed by atoms with Crippen molar-refractivity contribution in [3.8, 4) is 5.88 Å². The highest BCUT2D eigenvalue weighted by molar-refractivity contribution is 6.34. The molecule has 19 heavy (non-hydrogen) atoms. The Labute approximate surface area is 115 Å². The van der Waals surface area contributed by atoms with Crippen molar-refractivity contribution < 1.29 is 9.53 Å². The molecule has 0 N–H and O–H groups in total. The molecule has 0 aliphatic heterocycles. The van der Waals surface area contributed by atoms with E-state index in [1.54, 1.807) is 4.68 Å². The molecule has 0 aliphatic carbocycles. The second kappa shape index (κ2) is 5.36. The van der Waals surface area contributed by atoms with Crippen LogP contribution in [0.15, 0.2) is 18.6 Å². The van der Waals surface area contributed by atoms with Crippen molar-refractivity contribution in [1.29, 1.82) is 0 Å². The molecular weight excluding hydrogens is 268 g/mol. The number of nitrogens with zero attached hydrogens (tertiary/aromatic N) is 4. The van der Waals surface area contributed by atoms with Gasteiger partial charge < -0.3 is 4.74 Å². The molecule has 100 valence electrons. The van der Waals surface area contributed by atoms with Crippen molar-refractivity contribution >= 4 is 17.4 Å². The summed E-state index contributed by atoms with van der Waals surface area (Å²) in [6.45, 7) is 3.83. The Morgan fingerprint density at radius 3 is 2.79 bits per heavy atom. The van der Waals surface area contributed by atoms with Crippen molar-refractivity contribution in [3.05, 3.63) is 35.0 Å². The van der Waals surface area contributed by atoms with Gasteiger partial charge in [0.25, 0.3) is 0 Å². The standard InChI is InChI=1S/C12H13ClN4O2/c1-7(2)17-11(8(13)5-16-17)12(18)9-4-10(19-3)15-6-14-9/h4-7H,1-3H3. The van der Waals surface area contributed by atoms with E-state index in [0.29, 0.717) is 16.6 Å². The third-order valence-corrected chi connectivity index (χ3v) is 2.82. The minimum Gasteiger partial charge on any atom is -0.481 e. The van der Waals surface area contributed by atoms with Gasteiger partial charge in [-0.05, 0) is 13.8 Å². The van der Waals surface area contributed by atoms with Crippen LogP contribution in [0.4, 0.5) is 0 Å². The first-order valence-electron chi connectivity index (χ1n) is 5.68. The van der Waals surface area contributed by atoms with Crippen molar-refractivity contribution in [2.75, 3.05) is 7.11 Å². The van der Waals surface area contributed by atoms with Gasteiger partial charge in [-0.3, -0.25) is 9.48 Å². The Kier molecular flexibility index (Phi) is 3.80. The van der Waals surface area contributed by atoms with Crippen LogP contribution in [0.5, 0.6) is 5.88 Å². The van der Waals surface area contributed by atoms with Gasteiger partial charge in [0, 0.05) is 12.1 Å². The normalized spacial score (nSPS) is 10.8. The molecule has 0 fully saturated rings. The Balaban J connectivity index is 2.46. The second-order valence-corrected chi connectivity index (χ2v) is 4.56. The van der Waals surface area contributed by atoms with Gasteiger partial charge in [-0.25, -0.2) is 9.97 Å². The Morgan fingerprint density at radius 1 is 1.42 bits per heavy atom. The minimum absolute atomic E-state index is 0.0233. The maximum absolute atomic E-state index is 12.4. The van der Waals surface area contributed by atoms with Crippen molar-refractivity contribution in [2.45, 2.75) is 19.9 Å². The van der Waals surface area contributed by atoms with Crippen molar-refractivity contribution in [1.82, 2.24) is 19.7 Å². The molecule has 6 nitrogen and oxygen atoms in total. The lowest BCUT2D eigenvalue weighted by molar-refractivity contribution is 0.102. The van der Waals surface area contributed by atoms with E-state index in [4.69, 9.17) is 16.3 Å². The minimum atomic E-state index is -0.308. The molecule has 0 spiro atoms. The Bertz CT molecular complexity index is 610. The van der Waals surface area contributed by atoms with E-state index >= 15 is 0 Å². The highest BCUT2D eigenvalue weighted by Crippen LogP contribution is 2.22. The predicted octanol–water partition coefficient (Wildman–Crippen LogP) is 2.15. The molecule has 0 saturated carbocycles. The van der Waals surface area contributed by atoms with Crippen molar-refractivity contribution in [3.63, 3.8) is 0 Å². The van der Waals surface area contributed by atoms with Gasteiger partial charge in [0.2, 0.25) is 11.7 Å².